The molecule has 2 amide bonds. The van der Waals surface area contributed by atoms with E-state index in [0.717, 1.165) is 45.2 Å². The van der Waals surface area contributed by atoms with Gasteiger partial charge in [0, 0.05) is 5.57 Å². The summed E-state index contributed by atoms with van der Waals surface area (Å²) in [5, 5.41) is 2.04. The number of hydrogen-bond acceptors (Lipinski definition) is 3. The number of carbonyl (C=O) groups excluding carboxylic acids is 2. The minimum Gasteiger partial charge on any atom is -0.282 e. The molecule has 1 aliphatic rings. The van der Waals surface area contributed by atoms with Crippen molar-refractivity contribution in [3.8, 4) is 11.1 Å². The molecular weight excluding hydrogens is 354 g/mol. The van der Waals surface area contributed by atoms with E-state index in [9.17, 15) is 9.59 Å². The minimum absolute atomic E-state index is 0.334. The Kier molecular flexibility index (Phi) is 4.65. The van der Waals surface area contributed by atoms with E-state index in [-0.39, 0.29) is 11.1 Å². The molecule has 1 aliphatic heterocycles. The molecule has 4 rings (SSSR count). The van der Waals surface area contributed by atoms with Crippen LogP contribution in [-0.2, 0) is 4.79 Å². The fourth-order valence-corrected chi connectivity index (χ4v) is 4.00. The lowest BCUT2D eigenvalue weighted by molar-refractivity contribution is -0.115. The summed E-state index contributed by atoms with van der Waals surface area (Å²) in [5.41, 5.74) is 5.88. The molecule has 0 atom stereocenters. The standard InChI is InChI=1S/C23H17NO2S/c1-15-7-5-11-18(13-15)20(21-22(25)24-23(26)27-21)19-12-6-10-17(14-19)16-8-3-2-4-9-16/h2-14H,1H3,(H,24,25,26)/b21-20-. The van der Waals surface area contributed by atoms with Gasteiger partial charge < -0.3 is 0 Å². The van der Waals surface area contributed by atoms with Crippen molar-refractivity contribution in [1.82, 2.24) is 5.32 Å². The van der Waals surface area contributed by atoms with Crippen molar-refractivity contribution in [2.75, 3.05) is 0 Å². The van der Waals surface area contributed by atoms with Gasteiger partial charge >= 0.3 is 0 Å². The Morgan fingerprint density at radius 3 is 2.11 bits per heavy atom. The molecule has 1 fully saturated rings. The number of aryl methyl sites for hydroxylation is 1. The first kappa shape index (κ1) is 17.3. The van der Waals surface area contributed by atoms with E-state index < -0.39 is 0 Å². The van der Waals surface area contributed by atoms with E-state index in [2.05, 4.69) is 23.5 Å². The summed E-state index contributed by atoms with van der Waals surface area (Å²) >= 11 is 0.959. The number of rotatable bonds is 3. The number of hydrogen-bond donors (Lipinski definition) is 1. The van der Waals surface area contributed by atoms with Crippen molar-refractivity contribution in [3.05, 3.63) is 100 Å². The molecule has 0 aromatic heterocycles. The van der Waals surface area contributed by atoms with Crippen LogP contribution in [0.5, 0.6) is 0 Å². The van der Waals surface area contributed by atoms with Gasteiger partial charge in [-0.05, 0) is 47.0 Å². The molecule has 132 valence electrons. The Morgan fingerprint density at radius 2 is 1.44 bits per heavy atom. The Bertz CT molecular complexity index is 1070. The zero-order valence-corrected chi connectivity index (χ0v) is 15.5. The second-order valence-electron chi connectivity index (χ2n) is 6.36. The van der Waals surface area contributed by atoms with Crippen LogP contribution in [0.15, 0.2) is 83.8 Å². The Balaban J connectivity index is 1.92. The quantitative estimate of drug-likeness (QED) is 0.627. The monoisotopic (exact) mass is 371 g/mol. The zero-order chi connectivity index (χ0) is 18.8. The number of thioether (sulfide) groups is 1. The Labute approximate surface area is 162 Å². The van der Waals surface area contributed by atoms with Crippen LogP contribution in [0.1, 0.15) is 16.7 Å². The van der Waals surface area contributed by atoms with Gasteiger partial charge in [-0.1, -0.05) is 78.4 Å². The number of benzene rings is 3. The van der Waals surface area contributed by atoms with Crippen molar-refractivity contribution >= 4 is 28.5 Å². The van der Waals surface area contributed by atoms with Gasteiger partial charge in [-0.25, -0.2) is 0 Å². The lowest BCUT2D eigenvalue weighted by Gasteiger charge is -2.13. The largest absolute Gasteiger partial charge is 0.290 e. The third-order valence-electron chi connectivity index (χ3n) is 4.41. The predicted molar refractivity (Wildman–Crippen MR) is 110 cm³/mol. The van der Waals surface area contributed by atoms with Crippen molar-refractivity contribution < 1.29 is 9.59 Å². The third kappa shape index (κ3) is 3.57. The molecular formula is C23H17NO2S. The van der Waals surface area contributed by atoms with Gasteiger partial charge in [-0.15, -0.1) is 0 Å². The molecule has 0 saturated carbocycles. The average molecular weight is 371 g/mol. The summed E-state index contributed by atoms with van der Waals surface area (Å²) in [6.07, 6.45) is 0. The summed E-state index contributed by atoms with van der Waals surface area (Å²) < 4.78 is 0. The van der Waals surface area contributed by atoms with E-state index in [1.807, 2.05) is 67.6 Å². The van der Waals surface area contributed by atoms with Crippen LogP contribution in [0, 0.1) is 6.92 Å². The molecule has 3 aromatic rings. The predicted octanol–water partition coefficient (Wildman–Crippen LogP) is 5.40. The smallest absolute Gasteiger partial charge is 0.282 e. The lowest BCUT2D eigenvalue weighted by atomic mass is 9.93. The van der Waals surface area contributed by atoms with E-state index in [4.69, 9.17) is 0 Å². The number of nitrogens with one attached hydrogen (secondary N) is 1. The molecule has 1 N–H and O–H groups in total. The molecule has 4 heteroatoms. The van der Waals surface area contributed by atoms with Crippen LogP contribution < -0.4 is 5.32 Å². The Hall–Kier alpha value is -3.11. The fraction of sp³-hybridized carbons (Fsp3) is 0.0435. The topological polar surface area (TPSA) is 46.2 Å². The maximum Gasteiger partial charge on any atom is 0.290 e. The van der Waals surface area contributed by atoms with Crippen LogP contribution in [0.4, 0.5) is 4.79 Å². The van der Waals surface area contributed by atoms with Crippen LogP contribution in [-0.4, -0.2) is 11.1 Å². The summed E-state index contributed by atoms with van der Waals surface area (Å²) in [4.78, 5) is 24.6. The van der Waals surface area contributed by atoms with Gasteiger partial charge in [-0.2, -0.15) is 0 Å². The first-order chi connectivity index (χ1) is 13.1. The van der Waals surface area contributed by atoms with Crippen LogP contribution in [0.25, 0.3) is 16.7 Å². The maximum atomic E-state index is 12.4. The summed E-state index contributed by atoms with van der Waals surface area (Å²) in [6.45, 7) is 2.01. The molecule has 1 heterocycles. The number of amides is 2. The molecule has 3 aromatic carbocycles. The van der Waals surface area contributed by atoms with Crippen LogP contribution in [0.3, 0.4) is 0 Å². The van der Waals surface area contributed by atoms with Gasteiger partial charge in [0.15, 0.2) is 0 Å². The van der Waals surface area contributed by atoms with Gasteiger partial charge in [0.1, 0.15) is 0 Å². The van der Waals surface area contributed by atoms with E-state index in [0.29, 0.717) is 4.91 Å². The molecule has 0 unspecified atom stereocenters. The second-order valence-corrected chi connectivity index (χ2v) is 7.35. The van der Waals surface area contributed by atoms with Crippen molar-refractivity contribution in [1.29, 1.82) is 0 Å². The van der Waals surface area contributed by atoms with E-state index >= 15 is 0 Å². The van der Waals surface area contributed by atoms with Crippen LogP contribution >= 0.6 is 11.8 Å². The van der Waals surface area contributed by atoms with Crippen molar-refractivity contribution in [3.63, 3.8) is 0 Å². The minimum atomic E-state index is -0.341. The molecule has 0 aliphatic carbocycles. The zero-order valence-electron chi connectivity index (χ0n) is 14.7. The molecule has 0 bridgehead atoms. The van der Waals surface area contributed by atoms with Gasteiger partial charge in [0.05, 0.1) is 4.91 Å². The highest BCUT2D eigenvalue weighted by Gasteiger charge is 2.29. The van der Waals surface area contributed by atoms with Crippen LogP contribution in [0.2, 0.25) is 0 Å². The Morgan fingerprint density at radius 1 is 0.778 bits per heavy atom. The van der Waals surface area contributed by atoms with Gasteiger partial charge in [-0.3, -0.25) is 14.9 Å². The highest BCUT2D eigenvalue weighted by atomic mass is 32.2. The third-order valence-corrected chi connectivity index (χ3v) is 5.29. The highest BCUT2D eigenvalue weighted by Crippen LogP contribution is 2.37. The molecule has 3 nitrogen and oxygen atoms in total. The number of carbonyl (C=O) groups is 2. The SMILES string of the molecule is Cc1cccc(/C(=C2/SC(=O)NC2=O)c2cccc(-c3ccccc3)c2)c1. The van der Waals surface area contributed by atoms with Gasteiger partial charge in [0.25, 0.3) is 11.1 Å². The van der Waals surface area contributed by atoms with E-state index in [1.54, 1.807) is 0 Å². The van der Waals surface area contributed by atoms with Crippen molar-refractivity contribution in [2.45, 2.75) is 6.92 Å². The molecule has 0 spiro atoms. The molecule has 1 saturated heterocycles. The molecule has 27 heavy (non-hydrogen) atoms. The lowest BCUT2D eigenvalue weighted by Crippen LogP contribution is -2.18. The number of imide groups is 1. The first-order valence-electron chi connectivity index (χ1n) is 8.62. The average Bonchev–Trinajstić information content (AvgIpc) is 3.01. The maximum absolute atomic E-state index is 12.4. The highest BCUT2D eigenvalue weighted by molar-refractivity contribution is 8.18. The second kappa shape index (κ2) is 7.25. The van der Waals surface area contributed by atoms with Gasteiger partial charge in [0.2, 0.25) is 0 Å². The molecule has 0 radical (unpaired) electrons. The summed E-state index contributed by atoms with van der Waals surface area (Å²) in [7, 11) is 0. The normalized spacial score (nSPS) is 15.6. The summed E-state index contributed by atoms with van der Waals surface area (Å²) in [5.74, 6) is -0.341. The summed E-state index contributed by atoms with van der Waals surface area (Å²) in [6, 6.07) is 26.2. The van der Waals surface area contributed by atoms with E-state index in [1.165, 1.54) is 0 Å². The fourth-order valence-electron chi connectivity index (χ4n) is 3.19. The van der Waals surface area contributed by atoms with Crippen molar-refractivity contribution in [2.24, 2.45) is 0 Å². The first-order valence-corrected chi connectivity index (χ1v) is 9.44.